The van der Waals surface area contributed by atoms with Gasteiger partial charge in [0.1, 0.15) is 0 Å². The van der Waals surface area contributed by atoms with Crippen LogP contribution >= 0.6 is 12.4 Å². The Labute approximate surface area is 146 Å². The minimum atomic E-state index is 0. The molecule has 0 aromatic heterocycles. The zero-order chi connectivity index (χ0) is 15.5. The third-order valence-electron chi connectivity index (χ3n) is 5.28. The third kappa shape index (κ3) is 4.48. The highest BCUT2D eigenvalue weighted by molar-refractivity contribution is 5.91. The molecule has 4 heteroatoms. The largest absolute Gasteiger partial charge is 0.326 e. The van der Waals surface area contributed by atoms with Crippen molar-refractivity contribution in [2.75, 3.05) is 5.32 Å². The number of halogens is 1. The monoisotopic (exact) mass is 336 g/mol. The smallest absolute Gasteiger partial charge is 0.224 e. The number of carbonyl (C=O) groups is 1. The number of benzene rings is 1. The fourth-order valence-corrected chi connectivity index (χ4v) is 4.07. The van der Waals surface area contributed by atoms with Crippen molar-refractivity contribution in [3.63, 3.8) is 0 Å². The molecule has 2 N–H and O–H groups in total. The Morgan fingerprint density at radius 3 is 2.48 bits per heavy atom. The van der Waals surface area contributed by atoms with Gasteiger partial charge in [0, 0.05) is 24.2 Å². The van der Waals surface area contributed by atoms with Crippen molar-refractivity contribution in [2.45, 2.75) is 70.9 Å². The van der Waals surface area contributed by atoms with E-state index in [9.17, 15) is 4.79 Å². The molecule has 2 atom stereocenters. The van der Waals surface area contributed by atoms with E-state index in [1.807, 2.05) is 0 Å². The Balaban J connectivity index is 0.00000192. The van der Waals surface area contributed by atoms with Crippen LogP contribution in [0.5, 0.6) is 0 Å². The number of aryl methyl sites for hydroxylation is 2. The van der Waals surface area contributed by atoms with Gasteiger partial charge in [0.25, 0.3) is 0 Å². The first-order chi connectivity index (χ1) is 10.7. The highest BCUT2D eigenvalue weighted by Crippen LogP contribution is 2.33. The summed E-state index contributed by atoms with van der Waals surface area (Å²) in [7, 11) is 0. The van der Waals surface area contributed by atoms with Gasteiger partial charge in [-0.2, -0.15) is 0 Å². The first-order valence-corrected chi connectivity index (χ1v) is 8.85. The Hall–Kier alpha value is -1.06. The second kappa shape index (κ2) is 8.16. The van der Waals surface area contributed by atoms with Crippen LogP contribution in [0, 0.1) is 5.92 Å². The van der Waals surface area contributed by atoms with Gasteiger partial charge in [0.2, 0.25) is 5.91 Å². The number of carbonyl (C=O) groups excluding carboxylic acids is 1. The van der Waals surface area contributed by atoms with Crippen LogP contribution < -0.4 is 10.6 Å². The number of piperidine rings is 1. The summed E-state index contributed by atoms with van der Waals surface area (Å²) in [6, 6.07) is 7.78. The summed E-state index contributed by atoms with van der Waals surface area (Å²) in [4.78, 5) is 12.5. The lowest BCUT2D eigenvalue weighted by Crippen LogP contribution is -2.39. The van der Waals surface area contributed by atoms with Crippen molar-refractivity contribution in [1.29, 1.82) is 0 Å². The van der Waals surface area contributed by atoms with Gasteiger partial charge in [-0.15, -0.1) is 12.4 Å². The molecule has 0 radical (unpaired) electrons. The Bertz CT molecular complexity index is 534. The van der Waals surface area contributed by atoms with Crippen LogP contribution in [0.2, 0.25) is 0 Å². The molecule has 1 aromatic carbocycles. The molecular formula is C19H29ClN2O. The van der Waals surface area contributed by atoms with Gasteiger partial charge < -0.3 is 10.6 Å². The van der Waals surface area contributed by atoms with E-state index in [1.54, 1.807) is 0 Å². The number of hydrogen-bond acceptors (Lipinski definition) is 2. The lowest BCUT2D eigenvalue weighted by atomic mass is 9.89. The number of fused-ring (bicyclic) bond motifs is 2. The molecule has 1 amide bonds. The fourth-order valence-electron chi connectivity index (χ4n) is 4.07. The van der Waals surface area contributed by atoms with E-state index < -0.39 is 0 Å². The third-order valence-corrected chi connectivity index (χ3v) is 5.28. The lowest BCUT2D eigenvalue weighted by Gasteiger charge is -2.28. The van der Waals surface area contributed by atoms with Crippen molar-refractivity contribution in [1.82, 2.24) is 5.32 Å². The van der Waals surface area contributed by atoms with Crippen molar-refractivity contribution in [3.8, 4) is 0 Å². The van der Waals surface area contributed by atoms with Crippen molar-refractivity contribution < 1.29 is 4.79 Å². The van der Waals surface area contributed by atoms with Crippen LogP contribution in [0.15, 0.2) is 18.2 Å². The highest BCUT2D eigenvalue weighted by atomic mass is 35.5. The maximum atomic E-state index is 12.5. The number of hydrogen-bond donors (Lipinski definition) is 2. The molecule has 2 unspecified atom stereocenters. The van der Waals surface area contributed by atoms with Gasteiger partial charge in [0.05, 0.1) is 0 Å². The van der Waals surface area contributed by atoms with Gasteiger partial charge in [-0.1, -0.05) is 26.0 Å². The molecule has 0 aliphatic carbocycles. The first kappa shape index (κ1) is 18.3. The van der Waals surface area contributed by atoms with Gasteiger partial charge in [-0.3, -0.25) is 4.79 Å². The first-order valence-electron chi connectivity index (χ1n) is 8.85. The average molecular weight is 337 g/mol. The summed E-state index contributed by atoms with van der Waals surface area (Å²) < 4.78 is 0. The molecule has 3 rings (SSSR count). The van der Waals surface area contributed by atoms with Gasteiger partial charge in [-0.05, 0) is 61.6 Å². The van der Waals surface area contributed by atoms with Crippen LogP contribution in [0.25, 0.3) is 0 Å². The SMILES string of the molecule is CCc1ccc(CC)c(NC(=O)CC2CC3CCC(C2)N3)c1.Cl. The summed E-state index contributed by atoms with van der Waals surface area (Å²) in [6.45, 7) is 4.29. The van der Waals surface area contributed by atoms with Crippen LogP contribution in [0.1, 0.15) is 57.1 Å². The van der Waals surface area contributed by atoms with Gasteiger partial charge >= 0.3 is 0 Å². The average Bonchev–Trinajstić information content (AvgIpc) is 2.85. The lowest BCUT2D eigenvalue weighted by molar-refractivity contribution is -0.117. The van der Waals surface area contributed by atoms with E-state index in [0.717, 1.165) is 18.5 Å². The van der Waals surface area contributed by atoms with Gasteiger partial charge in [-0.25, -0.2) is 0 Å². The van der Waals surface area contributed by atoms with Crippen molar-refractivity contribution >= 4 is 24.0 Å². The maximum absolute atomic E-state index is 12.5. The molecule has 0 spiro atoms. The number of rotatable bonds is 5. The fraction of sp³-hybridized carbons (Fsp3) is 0.632. The molecule has 2 heterocycles. The summed E-state index contributed by atoms with van der Waals surface area (Å²) in [5.41, 5.74) is 3.53. The van der Waals surface area contributed by atoms with E-state index in [2.05, 4.69) is 42.7 Å². The minimum absolute atomic E-state index is 0. The van der Waals surface area contributed by atoms with E-state index in [-0.39, 0.29) is 18.3 Å². The van der Waals surface area contributed by atoms with E-state index in [4.69, 9.17) is 0 Å². The predicted octanol–water partition coefficient (Wildman–Crippen LogP) is 4.09. The molecule has 2 bridgehead atoms. The quantitative estimate of drug-likeness (QED) is 0.850. The maximum Gasteiger partial charge on any atom is 0.224 e. The van der Waals surface area contributed by atoms with E-state index >= 15 is 0 Å². The zero-order valence-electron chi connectivity index (χ0n) is 14.2. The van der Waals surface area contributed by atoms with E-state index in [1.165, 1.54) is 36.8 Å². The Morgan fingerprint density at radius 2 is 1.87 bits per heavy atom. The molecule has 1 aromatic rings. The summed E-state index contributed by atoms with van der Waals surface area (Å²) in [5.74, 6) is 0.743. The molecular weight excluding hydrogens is 308 g/mol. The van der Waals surface area contributed by atoms with Crippen LogP contribution in [0.4, 0.5) is 5.69 Å². The summed E-state index contributed by atoms with van der Waals surface area (Å²) in [5, 5.41) is 6.82. The van der Waals surface area contributed by atoms with Crippen LogP contribution in [0.3, 0.4) is 0 Å². The number of nitrogens with one attached hydrogen (secondary N) is 2. The molecule has 2 aliphatic heterocycles. The standard InChI is InChI=1S/C19H28N2O.ClH/c1-3-13-5-6-15(4-2)18(11-13)21-19(22)12-14-9-16-7-8-17(10-14)20-16;/h5-6,11,14,16-17,20H,3-4,7-10,12H2,1-2H3,(H,21,22);1H. The topological polar surface area (TPSA) is 41.1 Å². The molecule has 2 saturated heterocycles. The normalized spacial score (nSPS) is 25.7. The summed E-state index contributed by atoms with van der Waals surface area (Å²) in [6.07, 6.45) is 7.55. The molecule has 0 saturated carbocycles. The highest BCUT2D eigenvalue weighted by Gasteiger charge is 2.34. The van der Waals surface area contributed by atoms with Gasteiger partial charge in [0.15, 0.2) is 0 Å². The second-order valence-corrected chi connectivity index (χ2v) is 6.93. The predicted molar refractivity (Wildman–Crippen MR) is 98.4 cm³/mol. The van der Waals surface area contributed by atoms with E-state index in [0.29, 0.717) is 24.4 Å². The molecule has 128 valence electrons. The number of anilines is 1. The Morgan fingerprint density at radius 1 is 1.17 bits per heavy atom. The molecule has 23 heavy (non-hydrogen) atoms. The van der Waals surface area contributed by atoms with Crippen LogP contribution in [-0.2, 0) is 17.6 Å². The van der Waals surface area contributed by atoms with Crippen molar-refractivity contribution in [2.24, 2.45) is 5.92 Å². The Kier molecular flexibility index (Phi) is 6.49. The summed E-state index contributed by atoms with van der Waals surface area (Å²) >= 11 is 0. The van der Waals surface area contributed by atoms with Crippen molar-refractivity contribution in [3.05, 3.63) is 29.3 Å². The van der Waals surface area contributed by atoms with Crippen LogP contribution in [-0.4, -0.2) is 18.0 Å². The zero-order valence-corrected chi connectivity index (χ0v) is 15.0. The minimum Gasteiger partial charge on any atom is -0.326 e. The molecule has 3 nitrogen and oxygen atoms in total. The number of amides is 1. The molecule has 2 fully saturated rings. The molecule has 2 aliphatic rings. The second-order valence-electron chi connectivity index (χ2n) is 6.93.